The van der Waals surface area contributed by atoms with Crippen LogP contribution in [0.25, 0.3) is 0 Å². The lowest BCUT2D eigenvalue weighted by Crippen LogP contribution is -2.36. The van der Waals surface area contributed by atoms with Crippen molar-refractivity contribution in [1.82, 2.24) is 10.3 Å². The highest BCUT2D eigenvalue weighted by Gasteiger charge is 2.21. The first-order valence-electron chi connectivity index (χ1n) is 6.27. The van der Waals surface area contributed by atoms with Crippen molar-refractivity contribution in [3.63, 3.8) is 0 Å². The van der Waals surface area contributed by atoms with Gasteiger partial charge in [-0.2, -0.15) is 4.98 Å². The first-order chi connectivity index (χ1) is 8.31. The monoisotopic (exact) mass is 239 g/mol. The Kier molecular flexibility index (Phi) is 4.39. The first-order valence-corrected chi connectivity index (χ1v) is 6.27. The largest absolute Gasteiger partial charge is 0.432 e. The third-order valence-electron chi connectivity index (χ3n) is 3.14. The van der Waals surface area contributed by atoms with Crippen LogP contribution in [0.15, 0.2) is 10.7 Å². The number of rotatable bonds is 5. The average Bonchev–Trinajstić information content (AvgIpc) is 2.85. The molecule has 1 aromatic rings. The van der Waals surface area contributed by atoms with Gasteiger partial charge in [-0.15, -0.1) is 0 Å². The third kappa shape index (κ3) is 3.20. The van der Waals surface area contributed by atoms with Crippen molar-refractivity contribution < 1.29 is 9.15 Å². The van der Waals surface area contributed by atoms with Gasteiger partial charge in [0.15, 0.2) is 0 Å². The van der Waals surface area contributed by atoms with Crippen LogP contribution >= 0.6 is 0 Å². The second-order valence-corrected chi connectivity index (χ2v) is 4.36. The number of oxazole rings is 1. The lowest BCUT2D eigenvalue weighted by atomic mass is 10.1. The molecule has 1 N–H and O–H groups in total. The Morgan fingerprint density at radius 1 is 1.47 bits per heavy atom. The summed E-state index contributed by atoms with van der Waals surface area (Å²) in [5.74, 6) is 0. The van der Waals surface area contributed by atoms with E-state index in [0.717, 1.165) is 44.8 Å². The fraction of sp³-hybridized carbons (Fsp3) is 0.750. The molecule has 5 heteroatoms. The van der Waals surface area contributed by atoms with E-state index in [1.54, 1.807) is 6.26 Å². The molecule has 2 rings (SSSR count). The van der Waals surface area contributed by atoms with Crippen LogP contribution < -0.4 is 10.2 Å². The molecule has 1 aliphatic heterocycles. The predicted octanol–water partition coefficient (Wildman–Crippen LogP) is 1.40. The number of aromatic nitrogens is 1. The van der Waals surface area contributed by atoms with Crippen LogP contribution in [-0.4, -0.2) is 37.8 Å². The molecule has 0 unspecified atom stereocenters. The summed E-state index contributed by atoms with van der Waals surface area (Å²) >= 11 is 0. The van der Waals surface area contributed by atoms with Gasteiger partial charge in [0.25, 0.3) is 6.01 Å². The highest BCUT2D eigenvalue weighted by Crippen LogP contribution is 2.20. The number of nitrogens with one attached hydrogen (secondary N) is 1. The number of nitrogens with zero attached hydrogens (tertiary/aromatic N) is 2. The van der Waals surface area contributed by atoms with Crippen molar-refractivity contribution in [3.05, 3.63) is 12.0 Å². The van der Waals surface area contributed by atoms with E-state index in [1.807, 2.05) is 7.05 Å². The van der Waals surface area contributed by atoms with E-state index in [0.29, 0.717) is 12.1 Å². The fourth-order valence-corrected chi connectivity index (χ4v) is 2.02. The van der Waals surface area contributed by atoms with Crippen LogP contribution in [0.2, 0.25) is 0 Å². The van der Waals surface area contributed by atoms with Gasteiger partial charge >= 0.3 is 0 Å². The molecule has 0 bridgehead atoms. The van der Waals surface area contributed by atoms with Crippen molar-refractivity contribution in [3.8, 4) is 0 Å². The molecule has 17 heavy (non-hydrogen) atoms. The molecule has 0 saturated carbocycles. The zero-order valence-electron chi connectivity index (χ0n) is 10.6. The summed E-state index contributed by atoms with van der Waals surface area (Å²) in [4.78, 5) is 6.60. The van der Waals surface area contributed by atoms with Crippen molar-refractivity contribution in [2.24, 2.45) is 0 Å². The number of hydrogen-bond acceptors (Lipinski definition) is 5. The second kappa shape index (κ2) is 6.02. The van der Waals surface area contributed by atoms with E-state index in [9.17, 15) is 0 Å². The molecule has 2 heterocycles. The van der Waals surface area contributed by atoms with Gasteiger partial charge in [-0.05, 0) is 19.4 Å². The van der Waals surface area contributed by atoms with Crippen molar-refractivity contribution in [2.45, 2.75) is 32.4 Å². The molecular formula is C12H21N3O2. The van der Waals surface area contributed by atoms with E-state index in [2.05, 4.69) is 22.1 Å². The van der Waals surface area contributed by atoms with E-state index in [-0.39, 0.29) is 0 Å². The number of anilines is 1. The summed E-state index contributed by atoms with van der Waals surface area (Å²) in [6, 6.07) is 1.19. The summed E-state index contributed by atoms with van der Waals surface area (Å²) in [5.41, 5.74) is 0.959. The first kappa shape index (κ1) is 12.4. The molecule has 0 aromatic carbocycles. The smallest absolute Gasteiger partial charge is 0.297 e. The molecule has 1 fully saturated rings. The predicted molar refractivity (Wildman–Crippen MR) is 66.1 cm³/mol. The van der Waals surface area contributed by atoms with Gasteiger partial charge in [0.1, 0.15) is 6.26 Å². The lowest BCUT2D eigenvalue weighted by molar-refractivity contribution is 0.0846. The molecule has 1 aliphatic rings. The summed E-state index contributed by atoms with van der Waals surface area (Å²) in [5, 5.41) is 3.24. The normalized spacial score (nSPS) is 17.3. The van der Waals surface area contributed by atoms with Crippen LogP contribution in [0.3, 0.4) is 0 Å². The van der Waals surface area contributed by atoms with Gasteiger partial charge in [-0.25, -0.2) is 0 Å². The van der Waals surface area contributed by atoms with Crippen LogP contribution in [0, 0.1) is 0 Å². The van der Waals surface area contributed by atoms with Crippen molar-refractivity contribution in [1.29, 1.82) is 0 Å². The molecule has 0 amide bonds. The molecule has 96 valence electrons. The second-order valence-electron chi connectivity index (χ2n) is 4.36. The molecule has 0 radical (unpaired) electrons. The zero-order valence-corrected chi connectivity index (χ0v) is 10.6. The fourth-order valence-electron chi connectivity index (χ4n) is 2.02. The van der Waals surface area contributed by atoms with Gasteiger partial charge in [-0.3, -0.25) is 0 Å². The Bertz CT molecular complexity index is 334. The maximum Gasteiger partial charge on any atom is 0.297 e. The third-order valence-corrected chi connectivity index (χ3v) is 3.14. The molecule has 1 saturated heterocycles. The van der Waals surface area contributed by atoms with Gasteiger partial charge in [0.05, 0.1) is 5.69 Å². The lowest BCUT2D eigenvalue weighted by Gasteiger charge is -2.29. The molecule has 0 aliphatic carbocycles. The topological polar surface area (TPSA) is 50.5 Å². The molecular weight excluding hydrogens is 218 g/mol. The van der Waals surface area contributed by atoms with Gasteiger partial charge in [0, 0.05) is 32.8 Å². The minimum atomic E-state index is 0.481. The maximum absolute atomic E-state index is 5.51. The van der Waals surface area contributed by atoms with Gasteiger partial charge in [0.2, 0.25) is 0 Å². The highest BCUT2D eigenvalue weighted by atomic mass is 16.5. The summed E-state index contributed by atoms with van der Waals surface area (Å²) in [6.45, 7) is 5.45. The Hall–Kier alpha value is -1.07. The Labute approximate surface area is 102 Å². The molecule has 0 spiro atoms. The van der Waals surface area contributed by atoms with Gasteiger partial charge < -0.3 is 19.4 Å². The van der Waals surface area contributed by atoms with Crippen molar-refractivity contribution in [2.75, 3.05) is 31.7 Å². The quantitative estimate of drug-likeness (QED) is 0.841. The SMILES string of the molecule is CCNCc1coc(N(C)C2CCOCC2)n1. The number of ether oxygens (including phenoxy) is 1. The zero-order chi connectivity index (χ0) is 12.1. The van der Waals surface area contributed by atoms with E-state index < -0.39 is 0 Å². The summed E-state index contributed by atoms with van der Waals surface area (Å²) < 4.78 is 10.9. The molecule has 0 atom stereocenters. The summed E-state index contributed by atoms with van der Waals surface area (Å²) in [7, 11) is 2.04. The van der Waals surface area contributed by atoms with Crippen LogP contribution in [0.4, 0.5) is 6.01 Å². The maximum atomic E-state index is 5.51. The molecule has 5 nitrogen and oxygen atoms in total. The van der Waals surface area contributed by atoms with E-state index in [1.165, 1.54) is 0 Å². The van der Waals surface area contributed by atoms with Crippen LogP contribution in [0.1, 0.15) is 25.5 Å². The highest BCUT2D eigenvalue weighted by molar-refractivity contribution is 5.27. The standard InChI is InChI=1S/C12H21N3O2/c1-3-13-8-10-9-17-12(14-10)15(2)11-4-6-16-7-5-11/h9,11,13H,3-8H2,1-2H3. The Balaban J connectivity index is 1.93. The van der Waals surface area contributed by atoms with Crippen LogP contribution in [0.5, 0.6) is 0 Å². The van der Waals surface area contributed by atoms with E-state index >= 15 is 0 Å². The summed E-state index contributed by atoms with van der Waals surface area (Å²) in [6.07, 6.45) is 3.82. The number of hydrogen-bond donors (Lipinski definition) is 1. The van der Waals surface area contributed by atoms with Crippen molar-refractivity contribution >= 4 is 6.01 Å². The Morgan fingerprint density at radius 2 is 2.24 bits per heavy atom. The minimum Gasteiger partial charge on any atom is -0.432 e. The average molecular weight is 239 g/mol. The van der Waals surface area contributed by atoms with Crippen LogP contribution in [-0.2, 0) is 11.3 Å². The molecule has 1 aromatic heterocycles. The van der Waals surface area contributed by atoms with Gasteiger partial charge in [-0.1, -0.05) is 6.92 Å². The van der Waals surface area contributed by atoms with E-state index in [4.69, 9.17) is 9.15 Å². The Morgan fingerprint density at radius 3 is 2.94 bits per heavy atom. The minimum absolute atomic E-state index is 0.481.